The van der Waals surface area contributed by atoms with Crippen molar-refractivity contribution in [2.45, 2.75) is 19.3 Å². The Hall–Kier alpha value is -1.95. The van der Waals surface area contributed by atoms with Crippen molar-refractivity contribution in [3.63, 3.8) is 0 Å². The first kappa shape index (κ1) is 13.5. The van der Waals surface area contributed by atoms with Crippen LogP contribution in [0.25, 0.3) is 0 Å². The van der Waals surface area contributed by atoms with E-state index in [-0.39, 0.29) is 19.1 Å². The lowest BCUT2D eigenvalue weighted by Gasteiger charge is -2.18. The molecule has 0 aliphatic carbocycles. The maximum absolute atomic E-state index is 13.8. The van der Waals surface area contributed by atoms with E-state index < -0.39 is 11.8 Å². The van der Waals surface area contributed by atoms with Crippen LogP contribution in [0, 0.1) is 5.82 Å². The van der Waals surface area contributed by atoms with Gasteiger partial charge in [0.15, 0.2) is 0 Å². The molecule has 1 aromatic carbocycles. The summed E-state index contributed by atoms with van der Waals surface area (Å²) in [5, 5.41) is 11.0. The molecule has 102 valence electrons. The molecule has 1 heterocycles. The minimum atomic E-state index is -1.05. The van der Waals surface area contributed by atoms with Gasteiger partial charge in [0.2, 0.25) is 5.91 Å². The summed E-state index contributed by atoms with van der Waals surface area (Å²) in [6.07, 6.45) is 1.29. The number of rotatable bonds is 5. The highest BCUT2D eigenvalue weighted by Crippen LogP contribution is 2.26. The molecule has 19 heavy (non-hydrogen) atoms. The Morgan fingerprint density at radius 1 is 1.42 bits per heavy atom. The molecule has 0 spiro atoms. The molecule has 5 nitrogen and oxygen atoms in total. The quantitative estimate of drug-likeness (QED) is 0.790. The van der Waals surface area contributed by atoms with Crippen LogP contribution in [0.4, 0.5) is 10.1 Å². The lowest BCUT2D eigenvalue weighted by atomic mass is 9.99. The fourth-order valence-electron chi connectivity index (χ4n) is 1.99. The van der Waals surface area contributed by atoms with Gasteiger partial charge in [-0.1, -0.05) is 6.07 Å². The number of carbonyl (C=O) groups is 2. The number of hydrogen-bond donors (Lipinski definition) is 2. The lowest BCUT2D eigenvalue weighted by Crippen LogP contribution is -2.19. The highest BCUT2D eigenvalue weighted by atomic mass is 19.1. The van der Waals surface area contributed by atoms with E-state index in [1.54, 1.807) is 6.07 Å². The van der Waals surface area contributed by atoms with Gasteiger partial charge in [-0.05, 0) is 30.0 Å². The van der Waals surface area contributed by atoms with Gasteiger partial charge in [-0.25, -0.2) is 9.18 Å². The predicted octanol–water partition coefficient (Wildman–Crippen LogP) is 1.35. The van der Waals surface area contributed by atoms with Crippen molar-refractivity contribution in [1.29, 1.82) is 0 Å². The Bertz CT molecular complexity index is 516. The van der Waals surface area contributed by atoms with Gasteiger partial charge in [0.25, 0.3) is 0 Å². The Labute approximate surface area is 109 Å². The first-order chi connectivity index (χ1) is 9.06. The molecule has 0 atom stereocenters. The molecule has 2 N–H and O–H groups in total. The van der Waals surface area contributed by atoms with Gasteiger partial charge in [-0.15, -0.1) is 0 Å². The fraction of sp³-hybridized carbons (Fsp3) is 0.385. The first-order valence-corrected chi connectivity index (χ1v) is 5.97. The average molecular weight is 267 g/mol. The number of fused-ring (bicyclic) bond motifs is 1. The number of benzene rings is 1. The summed E-state index contributed by atoms with van der Waals surface area (Å²) in [4.78, 5) is 21.4. The van der Waals surface area contributed by atoms with Gasteiger partial charge in [-0.2, -0.15) is 0 Å². The van der Waals surface area contributed by atoms with Crippen molar-refractivity contribution in [2.24, 2.45) is 0 Å². The van der Waals surface area contributed by atoms with Crippen LogP contribution in [0.2, 0.25) is 0 Å². The second-order valence-corrected chi connectivity index (χ2v) is 4.35. The molecule has 0 fully saturated rings. The molecule has 0 radical (unpaired) electrons. The minimum Gasteiger partial charge on any atom is -0.480 e. The van der Waals surface area contributed by atoms with Crippen molar-refractivity contribution in [3.05, 3.63) is 29.1 Å². The number of ether oxygens (including phenoxy) is 1. The Balaban J connectivity index is 2.01. The van der Waals surface area contributed by atoms with Crippen molar-refractivity contribution in [2.75, 3.05) is 18.5 Å². The molecule has 2 rings (SSSR count). The molecule has 0 bridgehead atoms. The number of hydrogen-bond acceptors (Lipinski definition) is 3. The highest BCUT2D eigenvalue weighted by molar-refractivity contribution is 5.93. The van der Waals surface area contributed by atoms with E-state index in [0.29, 0.717) is 30.5 Å². The third-order valence-electron chi connectivity index (χ3n) is 2.91. The van der Waals surface area contributed by atoms with Crippen LogP contribution in [-0.2, 0) is 27.2 Å². The standard InChI is InChI=1S/C13H14FNO4/c14-10-6-11-9(1-2-12(16)15-11)5-8(10)3-4-19-7-13(17)18/h5-6H,1-4,7H2,(H,15,16)(H,17,18). The smallest absolute Gasteiger partial charge is 0.329 e. The Morgan fingerprint density at radius 3 is 2.95 bits per heavy atom. The molecule has 0 saturated heterocycles. The van der Waals surface area contributed by atoms with Crippen molar-refractivity contribution in [3.8, 4) is 0 Å². The molecule has 1 aromatic rings. The summed E-state index contributed by atoms with van der Waals surface area (Å²) < 4.78 is 18.6. The number of anilines is 1. The normalized spacial score (nSPS) is 13.8. The van der Waals surface area contributed by atoms with Crippen LogP contribution in [0.15, 0.2) is 12.1 Å². The second kappa shape index (κ2) is 5.79. The number of halogens is 1. The largest absolute Gasteiger partial charge is 0.480 e. The van der Waals surface area contributed by atoms with E-state index >= 15 is 0 Å². The zero-order valence-corrected chi connectivity index (χ0v) is 10.2. The summed E-state index contributed by atoms with van der Waals surface area (Å²) >= 11 is 0. The molecule has 6 heteroatoms. The number of nitrogens with one attached hydrogen (secondary N) is 1. The summed E-state index contributed by atoms with van der Waals surface area (Å²) in [5.74, 6) is -1.57. The van der Waals surface area contributed by atoms with Gasteiger partial charge in [0.1, 0.15) is 12.4 Å². The molecule has 1 aliphatic heterocycles. The SMILES string of the molecule is O=C(O)COCCc1cc2c(cc1F)NC(=O)CC2. The molecular formula is C13H14FNO4. The average Bonchev–Trinajstić information content (AvgIpc) is 2.34. The van der Waals surface area contributed by atoms with Crippen LogP contribution in [0.3, 0.4) is 0 Å². The van der Waals surface area contributed by atoms with Gasteiger partial charge in [0.05, 0.1) is 6.61 Å². The number of carbonyl (C=O) groups excluding carboxylic acids is 1. The molecule has 0 aromatic heterocycles. The minimum absolute atomic E-state index is 0.107. The number of amides is 1. The monoisotopic (exact) mass is 267 g/mol. The number of aliphatic carboxylic acids is 1. The van der Waals surface area contributed by atoms with E-state index in [0.717, 1.165) is 5.56 Å². The predicted molar refractivity (Wildman–Crippen MR) is 65.5 cm³/mol. The van der Waals surface area contributed by atoms with Gasteiger partial charge >= 0.3 is 5.97 Å². The van der Waals surface area contributed by atoms with Crippen LogP contribution >= 0.6 is 0 Å². The van der Waals surface area contributed by atoms with Gasteiger partial charge in [-0.3, -0.25) is 4.79 Å². The summed E-state index contributed by atoms with van der Waals surface area (Å²) in [6, 6.07) is 3.01. The van der Waals surface area contributed by atoms with Crippen LogP contribution in [-0.4, -0.2) is 30.2 Å². The van der Waals surface area contributed by atoms with Crippen molar-refractivity contribution < 1.29 is 23.8 Å². The third-order valence-corrected chi connectivity index (χ3v) is 2.91. The van der Waals surface area contributed by atoms with E-state index in [4.69, 9.17) is 9.84 Å². The van der Waals surface area contributed by atoms with Crippen LogP contribution in [0.1, 0.15) is 17.5 Å². The van der Waals surface area contributed by atoms with E-state index in [2.05, 4.69) is 5.32 Å². The third kappa shape index (κ3) is 3.51. The molecule has 0 unspecified atom stereocenters. The second-order valence-electron chi connectivity index (χ2n) is 4.35. The fourth-order valence-corrected chi connectivity index (χ4v) is 1.99. The lowest BCUT2D eigenvalue weighted by molar-refractivity contribution is -0.142. The zero-order valence-electron chi connectivity index (χ0n) is 10.2. The van der Waals surface area contributed by atoms with Crippen LogP contribution < -0.4 is 5.32 Å². The topological polar surface area (TPSA) is 75.6 Å². The van der Waals surface area contributed by atoms with Gasteiger partial charge < -0.3 is 15.2 Å². The maximum atomic E-state index is 13.8. The zero-order chi connectivity index (χ0) is 13.8. The van der Waals surface area contributed by atoms with Crippen molar-refractivity contribution >= 4 is 17.6 Å². The highest BCUT2D eigenvalue weighted by Gasteiger charge is 2.17. The first-order valence-electron chi connectivity index (χ1n) is 5.97. The van der Waals surface area contributed by atoms with E-state index in [1.807, 2.05) is 0 Å². The molecule has 1 aliphatic rings. The Kier molecular flexibility index (Phi) is 4.11. The van der Waals surface area contributed by atoms with E-state index in [9.17, 15) is 14.0 Å². The number of carboxylic acids is 1. The molecular weight excluding hydrogens is 253 g/mol. The molecule has 0 saturated carbocycles. The van der Waals surface area contributed by atoms with E-state index in [1.165, 1.54) is 6.07 Å². The summed E-state index contributed by atoms with van der Waals surface area (Å²) in [5.41, 5.74) is 1.89. The van der Waals surface area contributed by atoms with Crippen molar-refractivity contribution in [1.82, 2.24) is 0 Å². The maximum Gasteiger partial charge on any atom is 0.329 e. The number of aryl methyl sites for hydroxylation is 1. The van der Waals surface area contributed by atoms with Crippen LogP contribution in [0.5, 0.6) is 0 Å². The summed E-state index contributed by atoms with van der Waals surface area (Å²) in [7, 11) is 0. The van der Waals surface area contributed by atoms with Gasteiger partial charge in [0, 0.05) is 12.1 Å². The number of carboxylic acid groups (broad SMARTS) is 1. The molecule has 1 amide bonds. The Morgan fingerprint density at radius 2 is 2.21 bits per heavy atom. The summed E-state index contributed by atoms with van der Waals surface area (Å²) in [6.45, 7) is -0.239.